The van der Waals surface area contributed by atoms with Crippen LogP contribution in [0.25, 0.3) is 11.0 Å². The van der Waals surface area contributed by atoms with Crippen molar-refractivity contribution < 1.29 is 14.7 Å². The van der Waals surface area contributed by atoms with Gasteiger partial charge in [-0.1, -0.05) is 43.5 Å². The van der Waals surface area contributed by atoms with Crippen LogP contribution in [0.1, 0.15) is 72.6 Å². The summed E-state index contributed by atoms with van der Waals surface area (Å²) in [5, 5.41) is 20.1. The van der Waals surface area contributed by atoms with Crippen LogP contribution in [0.2, 0.25) is 5.02 Å². The summed E-state index contributed by atoms with van der Waals surface area (Å²) < 4.78 is 2.12. The molecular formula is C30H37ClN4O3. The van der Waals surface area contributed by atoms with Crippen LogP contribution in [0.5, 0.6) is 0 Å². The fraction of sp³-hybridized carbons (Fsp3) is 0.467. The summed E-state index contributed by atoms with van der Waals surface area (Å²) in [4.78, 5) is 31.5. The molecule has 0 saturated carbocycles. The van der Waals surface area contributed by atoms with Gasteiger partial charge in [0.2, 0.25) is 0 Å². The first-order valence-corrected chi connectivity index (χ1v) is 13.6. The predicted molar refractivity (Wildman–Crippen MR) is 151 cm³/mol. The van der Waals surface area contributed by atoms with E-state index in [-0.39, 0.29) is 24.5 Å². The summed E-state index contributed by atoms with van der Waals surface area (Å²) in [7, 11) is 4.01. The van der Waals surface area contributed by atoms with Gasteiger partial charge in [0.1, 0.15) is 11.7 Å². The molecule has 0 aliphatic heterocycles. The van der Waals surface area contributed by atoms with Crippen molar-refractivity contribution in [2.45, 2.75) is 64.8 Å². The number of ketones is 1. The summed E-state index contributed by atoms with van der Waals surface area (Å²) in [5.41, 5.74) is 3.88. The van der Waals surface area contributed by atoms with E-state index in [1.165, 1.54) is 5.56 Å². The summed E-state index contributed by atoms with van der Waals surface area (Å²) in [6.07, 6.45) is 7.41. The molecule has 0 aliphatic rings. The van der Waals surface area contributed by atoms with E-state index in [0.29, 0.717) is 28.7 Å². The molecular weight excluding hydrogens is 500 g/mol. The van der Waals surface area contributed by atoms with Gasteiger partial charge in [0.25, 0.3) is 0 Å². The van der Waals surface area contributed by atoms with Gasteiger partial charge in [-0.05, 0) is 69.5 Å². The van der Waals surface area contributed by atoms with E-state index in [9.17, 15) is 20.0 Å². The SMILES string of the molecule is CC(CC(=O)O)CC(=O)c1c(CCCCCCc2cccc(Cl)c2)n(CCN(C)C)c2ncc(C#N)cc12. The van der Waals surface area contributed by atoms with Crippen molar-refractivity contribution in [2.24, 2.45) is 5.92 Å². The van der Waals surface area contributed by atoms with Gasteiger partial charge in [-0.2, -0.15) is 5.26 Å². The van der Waals surface area contributed by atoms with Crippen LogP contribution in [0.3, 0.4) is 0 Å². The molecule has 0 spiro atoms. The quantitative estimate of drug-likeness (QED) is 0.185. The Morgan fingerprint density at radius 1 is 1.13 bits per heavy atom. The number of Topliss-reactive ketones (excluding diaryl/α,β-unsaturated/α-hetero) is 1. The number of nitriles is 1. The molecule has 2 aromatic heterocycles. The van der Waals surface area contributed by atoms with Crippen LogP contribution in [0.15, 0.2) is 36.5 Å². The number of unbranched alkanes of at least 4 members (excludes halogenated alkanes) is 3. The third-order valence-corrected chi connectivity index (χ3v) is 6.99. The van der Waals surface area contributed by atoms with E-state index >= 15 is 0 Å². The van der Waals surface area contributed by atoms with Crippen molar-refractivity contribution in [3.63, 3.8) is 0 Å². The van der Waals surface area contributed by atoms with Gasteiger partial charge < -0.3 is 14.6 Å². The molecule has 0 saturated heterocycles. The Labute approximate surface area is 230 Å². The van der Waals surface area contributed by atoms with E-state index in [4.69, 9.17) is 11.6 Å². The van der Waals surface area contributed by atoms with Crippen molar-refractivity contribution in [2.75, 3.05) is 20.6 Å². The molecule has 0 aliphatic carbocycles. The number of carboxylic acids is 1. The van der Waals surface area contributed by atoms with Gasteiger partial charge in [-0.3, -0.25) is 9.59 Å². The van der Waals surface area contributed by atoms with Crippen LogP contribution < -0.4 is 0 Å². The number of carbonyl (C=O) groups is 2. The molecule has 8 heteroatoms. The fourth-order valence-electron chi connectivity index (χ4n) is 4.90. The Morgan fingerprint density at radius 3 is 2.53 bits per heavy atom. The van der Waals surface area contributed by atoms with E-state index < -0.39 is 5.97 Å². The minimum atomic E-state index is -0.912. The number of nitrogens with zero attached hydrogens (tertiary/aromatic N) is 4. The van der Waals surface area contributed by atoms with Crippen LogP contribution >= 0.6 is 11.6 Å². The van der Waals surface area contributed by atoms with Crippen molar-refractivity contribution in [3.8, 4) is 6.07 Å². The molecule has 3 aromatic rings. The number of aromatic nitrogens is 2. The molecule has 0 radical (unpaired) electrons. The van der Waals surface area contributed by atoms with Crippen molar-refractivity contribution >= 4 is 34.4 Å². The summed E-state index contributed by atoms with van der Waals surface area (Å²) in [6.45, 7) is 3.24. The third-order valence-electron chi connectivity index (χ3n) is 6.76. The van der Waals surface area contributed by atoms with Crippen LogP contribution in [0.4, 0.5) is 0 Å². The molecule has 3 rings (SSSR count). The molecule has 0 amide bonds. The van der Waals surface area contributed by atoms with E-state index in [0.717, 1.165) is 55.8 Å². The molecule has 1 unspecified atom stereocenters. The molecule has 2 heterocycles. The number of benzene rings is 1. The Morgan fingerprint density at radius 2 is 1.87 bits per heavy atom. The summed E-state index contributed by atoms with van der Waals surface area (Å²) in [5.74, 6) is -1.28. The maximum Gasteiger partial charge on any atom is 0.303 e. The Bertz CT molecular complexity index is 1310. The number of hydrogen-bond donors (Lipinski definition) is 1. The highest BCUT2D eigenvalue weighted by Gasteiger charge is 2.25. The lowest BCUT2D eigenvalue weighted by Crippen LogP contribution is -2.20. The molecule has 7 nitrogen and oxygen atoms in total. The van der Waals surface area contributed by atoms with Gasteiger partial charge in [0, 0.05) is 53.8 Å². The van der Waals surface area contributed by atoms with E-state index in [1.54, 1.807) is 19.2 Å². The minimum Gasteiger partial charge on any atom is -0.481 e. The molecule has 1 aromatic carbocycles. The van der Waals surface area contributed by atoms with Gasteiger partial charge in [0.05, 0.1) is 5.56 Å². The normalized spacial score (nSPS) is 12.1. The maximum atomic E-state index is 13.6. The number of carboxylic acid groups (broad SMARTS) is 1. The molecule has 1 atom stereocenters. The molecule has 202 valence electrons. The highest BCUT2D eigenvalue weighted by Crippen LogP contribution is 2.30. The second-order valence-corrected chi connectivity index (χ2v) is 10.8. The summed E-state index contributed by atoms with van der Waals surface area (Å²) in [6, 6.07) is 11.9. The highest BCUT2D eigenvalue weighted by molar-refractivity contribution is 6.30. The monoisotopic (exact) mass is 536 g/mol. The average molecular weight is 537 g/mol. The van der Waals surface area contributed by atoms with Crippen LogP contribution in [-0.4, -0.2) is 52.0 Å². The van der Waals surface area contributed by atoms with Gasteiger partial charge >= 0.3 is 5.97 Å². The lowest BCUT2D eigenvalue weighted by atomic mass is 9.94. The van der Waals surface area contributed by atoms with Crippen LogP contribution in [0, 0.1) is 17.2 Å². The zero-order chi connectivity index (χ0) is 27.7. The molecule has 0 bridgehead atoms. The second-order valence-electron chi connectivity index (χ2n) is 10.4. The lowest BCUT2D eigenvalue weighted by Gasteiger charge is -2.15. The topological polar surface area (TPSA) is 99.2 Å². The van der Waals surface area contributed by atoms with Crippen LogP contribution in [-0.2, 0) is 24.2 Å². The zero-order valence-electron chi connectivity index (χ0n) is 22.5. The van der Waals surface area contributed by atoms with Crippen molar-refractivity contribution in [1.29, 1.82) is 5.26 Å². The number of aryl methyl sites for hydroxylation is 1. The Kier molecular flexibility index (Phi) is 10.9. The molecule has 0 fully saturated rings. The third kappa shape index (κ3) is 8.14. The van der Waals surface area contributed by atoms with Gasteiger partial charge in [0.15, 0.2) is 5.78 Å². The average Bonchev–Trinajstić information content (AvgIpc) is 3.16. The smallest absolute Gasteiger partial charge is 0.303 e. The first-order chi connectivity index (χ1) is 18.2. The second kappa shape index (κ2) is 14.1. The fourth-order valence-corrected chi connectivity index (χ4v) is 5.12. The maximum absolute atomic E-state index is 13.6. The largest absolute Gasteiger partial charge is 0.481 e. The molecule has 1 N–H and O–H groups in total. The number of fused-ring (bicyclic) bond motifs is 1. The predicted octanol–water partition coefficient (Wildman–Crippen LogP) is 6.15. The number of likely N-dealkylation sites (N-methyl/N-ethyl adjacent to an activating group) is 1. The lowest BCUT2D eigenvalue weighted by molar-refractivity contribution is -0.137. The van der Waals surface area contributed by atoms with Gasteiger partial charge in [-0.25, -0.2) is 4.98 Å². The zero-order valence-corrected chi connectivity index (χ0v) is 23.3. The number of rotatable bonds is 15. The first kappa shape index (κ1) is 29.3. The van der Waals surface area contributed by atoms with Crippen molar-refractivity contribution in [3.05, 3.63) is 63.9 Å². The summed E-state index contributed by atoms with van der Waals surface area (Å²) >= 11 is 6.10. The number of pyridine rings is 1. The highest BCUT2D eigenvalue weighted by atomic mass is 35.5. The number of hydrogen-bond acceptors (Lipinski definition) is 5. The first-order valence-electron chi connectivity index (χ1n) is 13.2. The Balaban J connectivity index is 1.84. The van der Waals surface area contributed by atoms with Gasteiger partial charge in [-0.15, -0.1) is 0 Å². The number of halogens is 1. The van der Waals surface area contributed by atoms with E-state index in [2.05, 4.69) is 26.6 Å². The Hall–Kier alpha value is -3.21. The number of aliphatic carboxylic acids is 1. The number of carbonyl (C=O) groups excluding carboxylic acids is 1. The van der Waals surface area contributed by atoms with Crippen molar-refractivity contribution in [1.82, 2.24) is 14.5 Å². The standard InChI is InChI=1S/C30H37ClN4O3/c1-21(16-28(37)38)15-27(36)29-25-18-23(19-32)20-33-30(25)35(14-13-34(2)3)26(29)12-7-5-4-6-9-22-10-8-11-24(31)17-22/h8,10-11,17-18,20-21H,4-7,9,12-16H2,1-3H3,(H,37,38). The minimum absolute atomic E-state index is 0.0608. The van der Waals surface area contributed by atoms with E-state index in [1.807, 2.05) is 32.3 Å². The molecule has 38 heavy (non-hydrogen) atoms.